The molecule has 4 heteroatoms. The topological polar surface area (TPSA) is 66.6 Å². The zero-order valence-electron chi connectivity index (χ0n) is 12.6. The van der Waals surface area contributed by atoms with Crippen molar-refractivity contribution in [1.29, 1.82) is 0 Å². The van der Waals surface area contributed by atoms with Crippen molar-refractivity contribution in [3.63, 3.8) is 0 Å². The Morgan fingerprint density at radius 1 is 1.25 bits per heavy atom. The van der Waals surface area contributed by atoms with Crippen LogP contribution in [0, 0.1) is 5.41 Å². The summed E-state index contributed by atoms with van der Waals surface area (Å²) in [7, 11) is 0. The van der Waals surface area contributed by atoms with Crippen LogP contribution in [0.2, 0.25) is 0 Å². The number of aliphatic hydroxyl groups is 1. The quantitative estimate of drug-likeness (QED) is 0.783. The van der Waals surface area contributed by atoms with E-state index in [1.165, 1.54) is 19.3 Å². The van der Waals surface area contributed by atoms with Crippen molar-refractivity contribution < 1.29 is 9.90 Å². The molecule has 0 radical (unpaired) electrons. The van der Waals surface area contributed by atoms with Crippen molar-refractivity contribution in [3.05, 3.63) is 0 Å². The van der Waals surface area contributed by atoms with E-state index in [1.54, 1.807) is 0 Å². The van der Waals surface area contributed by atoms with Crippen LogP contribution >= 0.6 is 0 Å². The number of nitrogens with zero attached hydrogens (tertiary/aromatic N) is 1. The Balaban J connectivity index is 1.92. The number of nitrogens with two attached hydrogens (primary N) is 1. The van der Waals surface area contributed by atoms with Gasteiger partial charge < -0.3 is 15.7 Å². The lowest BCUT2D eigenvalue weighted by molar-refractivity contribution is -0.135. The van der Waals surface area contributed by atoms with Crippen molar-refractivity contribution in [2.45, 2.75) is 70.3 Å². The molecule has 1 saturated heterocycles. The van der Waals surface area contributed by atoms with Gasteiger partial charge in [0.15, 0.2) is 0 Å². The monoisotopic (exact) mass is 282 g/mol. The number of likely N-dealkylation sites (tertiary alicyclic amines) is 1. The van der Waals surface area contributed by atoms with Gasteiger partial charge in [-0.3, -0.25) is 4.79 Å². The number of amides is 1. The molecule has 0 spiro atoms. The van der Waals surface area contributed by atoms with E-state index in [9.17, 15) is 4.79 Å². The molecule has 1 unspecified atom stereocenters. The highest BCUT2D eigenvalue weighted by molar-refractivity contribution is 5.77. The predicted octanol–water partition coefficient (Wildman–Crippen LogP) is 2.05. The minimum absolute atomic E-state index is 0.0689. The fourth-order valence-corrected chi connectivity index (χ4v) is 3.97. The van der Waals surface area contributed by atoms with E-state index in [0.29, 0.717) is 24.9 Å². The van der Waals surface area contributed by atoms with E-state index < -0.39 is 0 Å². The normalized spacial score (nSPS) is 25.9. The first-order valence-electron chi connectivity index (χ1n) is 8.31. The molecular weight excluding hydrogens is 252 g/mol. The molecule has 1 amide bonds. The third-order valence-electron chi connectivity index (χ3n) is 5.27. The van der Waals surface area contributed by atoms with Gasteiger partial charge >= 0.3 is 0 Å². The van der Waals surface area contributed by atoms with Gasteiger partial charge in [0.2, 0.25) is 5.91 Å². The van der Waals surface area contributed by atoms with Crippen LogP contribution < -0.4 is 5.73 Å². The molecule has 0 aromatic heterocycles. The van der Waals surface area contributed by atoms with Crippen LogP contribution in [0.5, 0.6) is 0 Å². The molecule has 116 valence electrons. The van der Waals surface area contributed by atoms with Gasteiger partial charge in [-0.25, -0.2) is 0 Å². The van der Waals surface area contributed by atoms with Crippen molar-refractivity contribution in [2.75, 3.05) is 19.7 Å². The maximum Gasteiger partial charge on any atom is 0.223 e. The summed E-state index contributed by atoms with van der Waals surface area (Å²) in [5.74, 6) is 0.304. The van der Waals surface area contributed by atoms with E-state index in [4.69, 9.17) is 10.8 Å². The molecule has 0 aromatic rings. The largest absolute Gasteiger partial charge is 0.396 e. The highest BCUT2D eigenvalue weighted by atomic mass is 16.3. The lowest BCUT2D eigenvalue weighted by Gasteiger charge is -2.37. The van der Waals surface area contributed by atoms with Crippen LogP contribution in [-0.4, -0.2) is 41.7 Å². The second kappa shape index (κ2) is 7.41. The molecule has 4 nitrogen and oxygen atoms in total. The average Bonchev–Trinajstić information content (AvgIpc) is 2.94. The molecular formula is C16H30N2O2. The standard InChI is InChI=1S/C16H30N2O2/c17-13-16(8-2-1-3-9-16)12-15(20)18-10-4-6-14(18)7-5-11-19/h14,19H,1-13,17H2. The van der Waals surface area contributed by atoms with E-state index in [2.05, 4.69) is 4.90 Å². The Labute approximate surface area is 122 Å². The van der Waals surface area contributed by atoms with E-state index >= 15 is 0 Å². The summed E-state index contributed by atoms with van der Waals surface area (Å²) in [5, 5.41) is 8.97. The molecule has 2 fully saturated rings. The SMILES string of the molecule is NCC1(CC(=O)N2CCCC2CCCO)CCCCC1. The van der Waals surface area contributed by atoms with E-state index in [1.807, 2.05) is 0 Å². The number of carbonyl (C=O) groups excluding carboxylic acids is 1. The summed E-state index contributed by atoms with van der Waals surface area (Å²) in [5.41, 5.74) is 6.07. The Kier molecular flexibility index (Phi) is 5.85. The van der Waals surface area contributed by atoms with Crippen molar-refractivity contribution in [2.24, 2.45) is 11.1 Å². The smallest absolute Gasteiger partial charge is 0.223 e. The van der Waals surface area contributed by atoms with Crippen molar-refractivity contribution in [3.8, 4) is 0 Å². The van der Waals surface area contributed by atoms with E-state index in [0.717, 1.165) is 45.1 Å². The van der Waals surface area contributed by atoms with Crippen LogP contribution in [0.4, 0.5) is 0 Å². The molecule has 1 aliphatic carbocycles. The zero-order valence-corrected chi connectivity index (χ0v) is 12.6. The fraction of sp³-hybridized carbons (Fsp3) is 0.938. The summed E-state index contributed by atoms with van der Waals surface area (Å²) >= 11 is 0. The van der Waals surface area contributed by atoms with Gasteiger partial charge in [-0.2, -0.15) is 0 Å². The summed E-state index contributed by atoms with van der Waals surface area (Å²) in [6, 6.07) is 0.355. The van der Waals surface area contributed by atoms with Gasteiger partial charge in [0.1, 0.15) is 0 Å². The lowest BCUT2D eigenvalue weighted by atomic mass is 9.71. The third kappa shape index (κ3) is 3.73. The number of rotatable bonds is 6. The van der Waals surface area contributed by atoms with Gasteiger partial charge in [-0.05, 0) is 50.5 Å². The highest BCUT2D eigenvalue weighted by Crippen LogP contribution is 2.39. The average molecular weight is 282 g/mol. The first-order valence-corrected chi connectivity index (χ1v) is 8.31. The van der Waals surface area contributed by atoms with Gasteiger partial charge in [0.05, 0.1) is 0 Å². The summed E-state index contributed by atoms with van der Waals surface area (Å²) in [6.07, 6.45) is 10.6. The van der Waals surface area contributed by atoms with Gasteiger partial charge in [-0.15, -0.1) is 0 Å². The fourth-order valence-electron chi connectivity index (χ4n) is 3.97. The minimum Gasteiger partial charge on any atom is -0.396 e. The van der Waals surface area contributed by atoms with Crippen molar-refractivity contribution >= 4 is 5.91 Å². The molecule has 3 N–H and O–H groups in total. The van der Waals surface area contributed by atoms with Gasteiger partial charge in [0, 0.05) is 25.6 Å². The Morgan fingerprint density at radius 2 is 2.00 bits per heavy atom. The van der Waals surface area contributed by atoms with Crippen molar-refractivity contribution in [1.82, 2.24) is 4.90 Å². The molecule has 1 saturated carbocycles. The van der Waals surface area contributed by atoms with Gasteiger partial charge in [0.25, 0.3) is 0 Å². The minimum atomic E-state index is 0.0689. The van der Waals surface area contributed by atoms with Gasteiger partial charge in [-0.1, -0.05) is 19.3 Å². The zero-order chi connectivity index (χ0) is 14.4. The summed E-state index contributed by atoms with van der Waals surface area (Å²) < 4.78 is 0. The van der Waals surface area contributed by atoms with Crippen LogP contribution in [-0.2, 0) is 4.79 Å². The number of carbonyl (C=O) groups is 1. The molecule has 2 rings (SSSR count). The maximum absolute atomic E-state index is 12.7. The second-order valence-corrected chi connectivity index (χ2v) is 6.69. The van der Waals surface area contributed by atoms with E-state index in [-0.39, 0.29) is 12.0 Å². The first-order chi connectivity index (χ1) is 9.71. The highest BCUT2D eigenvalue weighted by Gasteiger charge is 2.37. The Hall–Kier alpha value is -0.610. The molecule has 0 bridgehead atoms. The number of aliphatic hydroxyl groups excluding tert-OH is 1. The summed E-state index contributed by atoms with van der Waals surface area (Å²) in [6.45, 7) is 1.77. The van der Waals surface area contributed by atoms with Crippen LogP contribution in [0.3, 0.4) is 0 Å². The third-order valence-corrected chi connectivity index (χ3v) is 5.27. The molecule has 2 aliphatic rings. The Bertz CT molecular complexity index is 314. The predicted molar refractivity (Wildman–Crippen MR) is 80.2 cm³/mol. The van der Waals surface area contributed by atoms with Crippen LogP contribution in [0.25, 0.3) is 0 Å². The molecule has 0 aromatic carbocycles. The molecule has 1 atom stereocenters. The Morgan fingerprint density at radius 3 is 2.65 bits per heavy atom. The first kappa shape index (κ1) is 15.8. The lowest BCUT2D eigenvalue weighted by Crippen LogP contribution is -2.42. The second-order valence-electron chi connectivity index (χ2n) is 6.69. The molecule has 1 aliphatic heterocycles. The van der Waals surface area contributed by atoms with Crippen LogP contribution in [0.15, 0.2) is 0 Å². The number of hydrogen-bond acceptors (Lipinski definition) is 3. The summed E-state index contributed by atoms with van der Waals surface area (Å²) in [4.78, 5) is 14.7. The number of hydrogen-bond donors (Lipinski definition) is 2. The molecule has 20 heavy (non-hydrogen) atoms. The molecule has 1 heterocycles. The van der Waals surface area contributed by atoms with Crippen LogP contribution in [0.1, 0.15) is 64.2 Å². The maximum atomic E-state index is 12.7.